The number of benzene rings is 2. The third-order valence-electron chi connectivity index (χ3n) is 3.66. The van der Waals surface area contributed by atoms with Crippen molar-refractivity contribution in [1.82, 2.24) is 0 Å². The van der Waals surface area contributed by atoms with Crippen molar-refractivity contribution in [2.45, 2.75) is 19.4 Å². The third-order valence-corrected chi connectivity index (χ3v) is 3.96. The number of para-hydroxylation sites is 1. The fraction of sp³-hybridized carbons (Fsp3) is 0.188. The molecule has 3 nitrogen and oxygen atoms in total. The smallest absolute Gasteiger partial charge is 0.335 e. The molecule has 0 bridgehead atoms. The summed E-state index contributed by atoms with van der Waals surface area (Å²) in [6, 6.07) is 13.4. The van der Waals surface area contributed by atoms with Crippen LogP contribution in [0.1, 0.15) is 22.8 Å². The maximum atomic E-state index is 11.0. The van der Waals surface area contributed by atoms with E-state index >= 15 is 0 Å². The molecule has 1 aliphatic rings. The van der Waals surface area contributed by atoms with Crippen molar-refractivity contribution in [2.24, 2.45) is 0 Å². The van der Waals surface area contributed by atoms with E-state index in [-0.39, 0.29) is 5.56 Å². The lowest BCUT2D eigenvalue weighted by Crippen LogP contribution is -2.24. The molecule has 4 heteroatoms. The van der Waals surface area contributed by atoms with E-state index in [1.165, 1.54) is 11.6 Å². The predicted octanol–water partition coefficient (Wildman–Crippen LogP) is 4.12. The number of hydrogen-bond donors (Lipinski definition) is 1. The first-order chi connectivity index (χ1) is 9.58. The Morgan fingerprint density at radius 1 is 1.25 bits per heavy atom. The largest absolute Gasteiger partial charge is 0.478 e. The highest BCUT2D eigenvalue weighted by Crippen LogP contribution is 2.41. The quantitative estimate of drug-likeness (QED) is 0.903. The van der Waals surface area contributed by atoms with Gasteiger partial charge in [0.1, 0.15) is 0 Å². The molecule has 0 fully saturated rings. The minimum absolute atomic E-state index is 0.207. The first kappa shape index (κ1) is 13.0. The number of carboxylic acids is 1. The standard InChI is InChI=1S/C16H14ClNO2/c1-10-8-11-4-2-3-5-14(11)18(10)15-7-6-12(16(19)20)9-13(15)17/h2-7,9-10H,8H2,1H3,(H,19,20). The molecule has 0 saturated heterocycles. The fourth-order valence-electron chi connectivity index (χ4n) is 2.77. The van der Waals surface area contributed by atoms with Crippen LogP contribution in [0.25, 0.3) is 0 Å². The van der Waals surface area contributed by atoms with Crippen molar-refractivity contribution in [1.29, 1.82) is 0 Å². The predicted molar refractivity (Wildman–Crippen MR) is 80.2 cm³/mol. The molecule has 1 N–H and O–H groups in total. The van der Waals surface area contributed by atoms with Gasteiger partial charge < -0.3 is 10.0 Å². The second kappa shape index (κ2) is 4.84. The zero-order valence-corrected chi connectivity index (χ0v) is 11.8. The molecule has 0 radical (unpaired) electrons. The van der Waals surface area contributed by atoms with Gasteiger partial charge >= 0.3 is 5.97 Å². The lowest BCUT2D eigenvalue weighted by Gasteiger charge is -2.26. The Morgan fingerprint density at radius 2 is 2.00 bits per heavy atom. The van der Waals surface area contributed by atoms with Crippen molar-refractivity contribution in [3.8, 4) is 0 Å². The summed E-state index contributed by atoms with van der Waals surface area (Å²) in [5.74, 6) is -0.965. The van der Waals surface area contributed by atoms with Crippen LogP contribution in [0.2, 0.25) is 5.02 Å². The Kier molecular flexibility index (Phi) is 3.14. The first-order valence-corrected chi connectivity index (χ1v) is 6.85. The van der Waals surface area contributed by atoms with E-state index in [9.17, 15) is 4.79 Å². The fourth-order valence-corrected chi connectivity index (χ4v) is 3.04. The van der Waals surface area contributed by atoms with Gasteiger partial charge in [-0.15, -0.1) is 0 Å². The summed E-state index contributed by atoms with van der Waals surface area (Å²) in [5.41, 5.74) is 3.50. The Hall–Kier alpha value is -2.00. The van der Waals surface area contributed by atoms with Gasteiger partial charge in [0, 0.05) is 11.7 Å². The van der Waals surface area contributed by atoms with E-state index in [4.69, 9.17) is 16.7 Å². The molecule has 1 aliphatic heterocycles. The number of aromatic carboxylic acids is 1. The summed E-state index contributed by atoms with van der Waals surface area (Å²) in [7, 11) is 0. The SMILES string of the molecule is CC1Cc2ccccc2N1c1ccc(C(=O)O)cc1Cl. The van der Waals surface area contributed by atoms with Crippen molar-refractivity contribution in [2.75, 3.05) is 4.90 Å². The van der Waals surface area contributed by atoms with Crippen LogP contribution in [0.3, 0.4) is 0 Å². The molecule has 1 unspecified atom stereocenters. The molecule has 0 spiro atoms. The number of fused-ring (bicyclic) bond motifs is 1. The van der Waals surface area contributed by atoms with Gasteiger partial charge in [0.15, 0.2) is 0 Å². The normalized spacial score (nSPS) is 17.1. The molecular weight excluding hydrogens is 274 g/mol. The minimum atomic E-state index is -0.965. The third kappa shape index (κ3) is 2.04. The summed E-state index contributed by atoms with van der Waals surface area (Å²) < 4.78 is 0. The molecule has 0 aliphatic carbocycles. The van der Waals surface area contributed by atoms with Crippen molar-refractivity contribution in [3.63, 3.8) is 0 Å². The zero-order chi connectivity index (χ0) is 14.3. The molecule has 102 valence electrons. The number of carboxylic acid groups (broad SMARTS) is 1. The van der Waals surface area contributed by atoms with E-state index in [2.05, 4.69) is 24.0 Å². The number of carbonyl (C=O) groups is 1. The lowest BCUT2D eigenvalue weighted by atomic mass is 10.1. The van der Waals surface area contributed by atoms with Gasteiger partial charge in [-0.1, -0.05) is 29.8 Å². The zero-order valence-electron chi connectivity index (χ0n) is 11.0. The summed E-state index contributed by atoms with van der Waals surface area (Å²) in [6.45, 7) is 2.14. The van der Waals surface area contributed by atoms with Crippen molar-refractivity contribution in [3.05, 3.63) is 58.6 Å². The van der Waals surface area contributed by atoms with Crippen LogP contribution in [0.5, 0.6) is 0 Å². The number of rotatable bonds is 2. The van der Waals surface area contributed by atoms with Crippen LogP contribution >= 0.6 is 11.6 Å². The van der Waals surface area contributed by atoms with E-state index in [1.807, 2.05) is 12.1 Å². The van der Waals surface area contributed by atoms with Gasteiger partial charge in [-0.05, 0) is 43.2 Å². The Bertz CT molecular complexity index is 684. The Labute approximate surface area is 122 Å². The maximum Gasteiger partial charge on any atom is 0.335 e. The monoisotopic (exact) mass is 287 g/mol. The maximum absolute atomic E-state index is 11.0. The Morgan fingerprint density at radius 3 is 2.70 bits per heavy atom. The average molecular weight is 288 g/mol. The second-order valence-electron chi connectivity index (χ2n) is 5.02. The number of halogens is 1. The van der Waals surface area contributed by atoms with Gasteiger partial charge in [0.2, 0.25) is 0 Å². The number of nitrogens with zero attached hydrogens (tertiary/aromatic N) is 1. The van der Waals surface area contributed by atoms with E-state index < -0.39 is 5.97 Å². The van der Waals surface area contributed by atoms with E-state index in [0.717, 1.165) is 17.8 Å². The van der Waals surface area contributed by atoms with Gasteiger partial charge in [0.25, 0.3) is 0 Å². The van der Waals surface area contributed by atoms with Gasteiger partial charge in [-0.25, -0.2) is 4.79 Å². The van der Waals surface area contributed by atoms with Crippen LogP contribution in [0.15, 0.2) is 42.5 Å². The molecular formula is C16H14ClNO2. The van der Waals surface area contributed by atoms with Crippen LogP contribution in [0, 0.1) is 0 Å². The van der Waals surface area contributed by atoms with Gasteiger partial charge in [-0.3, -0.25) is 0 Å². The van der Waals surface area contributed by atoms with Crippen LogP contribution < -0.4 is 4.90 Å². The molecule has 20 heavy (non-hydrogen) atoms. The highest BCUT2D eigenvalue weighted by Gasteiger charge is 2.28. The molecule has 2 aromatic rings. The number of hydrogen-bond acceptors (Lipinski definition) is 2. The van der Waals surface area contributed by atoms with Gasteiger partial charge in [0.05, 0.1) is 16.3 Å². The summed E-state index contributed by atoms with van der Waals surface area (Å²) >= 11 is 6.28. The first-order valence-electron chi connectivity index (χ1n) is 6.48. The van der Waals surface area contributed by atoms with Crippen LogP contribution in [0.4, 0.5) is 11.4 Å². The van der Waals surface area contributed by atoms with Crippen LogP contribution in [-0.4, -0.2) is 17.1 Å². The highest BCUT2D eigenvalue weighted by atomic mass is 35.5. The average Bonchev–Trinajstić information content (AvgIpc) is 2.74. The molecule has 0 aromatic heterocycles. The topological polar surface area (TPSA) is 40.5 Å². The number of anilines is 2. The molecule has 0 saturated carbocycles. The van der Waals surface area contributed by atoms with Crippen LogP contribution in [-0.2, 0) is 6.42 Å². The molecule has 0 amide bonds. The molecule has 1 atom stereocenters. The highest BCUT2D eigenvalue weighted by molar-refractivity contribution is 6.33. The second-order valence-corrected chi connectivity index (χ2v) is 5.43. The van der Waals surface area contributed by atoms with E-state index in [0.29, 0.717) is 11.1 Å². The summed E-state index contributed by atoms with van der Waals surface area (Å²) in [4.78, 5) is 13.1. The molecule has 2 aromatic carbocycles. The minimum Gasteiger partial charge on any atom is -0.478 e. The van der Waals surface area contributed by atoms with Crippen molar-refractivity contribution < 1.29 is 9.90 Å². The molecule has 1 heterocycles. The van der Waals surface area contributed by atoms with Crippen molar-refractivity contribution >= 4 is 28.9 Å². The van der Waals surface area contributed by atoms with Gasteiger partial charge in [-0.2, -0.15) is 0 Å². The van der Waals surface area contributed by atoms with E-state index in [1.54, 1.807) is 12.1 Å². The molecule has 3 rings (SSSR count). The Balaban J connectivity index is 2.07. The summed E-state index contributed by atoms with van der Waals surface area (Å²) in [5, 5.41) is 9.47. The summed E-state index contributed by atoms with van der Waals surface area (Å²) in [6.07, 6.45) is 0.965. The lowest BCUT2D eigenvalue weighted by molar-refractivity contribution is 0.0697.